The molecule has 2 rings (SSSR count). The Bertz CT molecular complexity index is 434. The van der Waals surface area contributed by atoms with E-state index in [0.717, 1.165) is 12.8 Å². The lowest BCUT2D eigenvalue weighted by Gasteiger charge is -2.06. The molecule has 0 radical (unpaired) electrons. The Labute approximate surface area is 97.2 Å². The number of aryl methyl sites for hydroxylation is 1. The maximum absolute atomic E-state index is 10.8. The second-order valence-corrected chi connectivity index (χ2v) is 4.02. The first kappa shape index (κ1) is 11.1. The van der Waals surface area contributed by atoms with Gasteiger partial charge in [0.05, 0.1) is 4.92 Å². The van der Waals surface area contributed by atoms with E-state index < -0.39 is 4.92 Å². The number of anilines is 1. The lowest BCUT2D eigenvalue weighted by molar-refractivity contribution is -0.384. The van der Waals surface area contributed by atoms with Gasteiger partial charge in [-0.05, 0) is 12.8 Å². The van der Waals surface area contributed by atoms with Gasteiger partial charge in [-0.25, -0.2) is 9.97 Å². The van der Waals surface area contributed by atoms with Gasteiger partial charge in [-0.15, -0.1) is 0 Å². The van der Waals surface area contributed by atoms with E-state index in [4.69, 9.17) is 11.6 Å². The molecule has 1 saturated carbocycles. The van der Waals surface area contributed by atoms with E-state index in [0.29, 0.717) is 12.2 Å². The zero-order chi connectivity index (χ0) is 11.7. The highest BCUT2D eigenvalue weighted by molar-refractivity contribution is 6.31. The quantitative estimate of drug-likeness (QED) is 0.497. The molecule has 0 bridgehead atoms. The molecule has 86 valence electrons. The van der Waals surface area contributed by atoms with E-state index in [2.05, 4.69) is 15.3 Å². The molecule has 0 amide bonds. The van der Waals surface area contributed by atoms with Gasteiger partial charge in [0, 0.05) is 12.5 Å². The molecule has 1 heterocycles. The molecule has 0 saturated heterocycles. The van der Waals surface area contributed by atoms with Gasteiger partial charge in [-0.1, -0.05) is 18.5 Å². The number of nitrogens with zero attached hydrogens (tertiary/aromatic N) is 3. The Morgan fingerprint density at radius 3 is 2.75 bits per heavy atom. The van der Waals surface area contributed by atoms with Crippen molar-refractivity contribution in [3.63, 3.8) is 0 Å². The molecule has 0 atom stereocenters. The summed E-state index contributed by atoms with van der Waals surface area (Å²) in [6.45, 7) is 1.87. The van der Waals surface area contributed by atoms with Crippen LogP contribution in [0.4, 0.5) is 11.5 Å². The van der Waals surface area contributed by atoms with Crippen molar-refractivity contribution in [3.05, 3.63) is 21.1 Å². The third-order valence-electron chi connectivity index (χ3n) is 2.30. The van der Waals surface area contributed by atoms with Crippen molar-refractivity contribution in [2.24, 2.45) is 0 Å². The Kier molecular flexibility index (Phi) is 2.91. The largest absolute Gasteiger partial charge is 0.361 e. The van der Waals surface area contributed by atoms with Crippen LogP contribution in [0.5, 0.6) is 0 Å². The smallest absolute Gasteiger partial charge is 0.348 e. The predicted molar refractivity (Wildman–Crippen MR) is 59.7 cm³/mol. The van der Waals surface area contributed by atoms with Crippen molar-refractivity contribution in [1.82, 2.24) is 9.97 Å². The normalized spacial score (nSPS) is 14.9. The van der Waals surface area contributed by atoms with Crippen molar-refractivity contribution in [1.29, 1.82) is 0 Å². The Balaban J connectivity index is 2.42. The molecule has 1 aromatic rings. The van der Waals surface area contributed by atoms with Gasteiger partial charge in [-0.3, -0.25) is 10.1 Å². The summed E-state index contributed by atoms with van der Waals surface area (Å²) in [5.74, 6) is 0.753. The van der Waals surface area contributed by atoms with Crippen LogP contribution in [0.1, 0.15) is 25.6 Å². The number of aromatic nitrogens is 2. The van der Waals surface area contributed by atoms with E-state index in [-0.39, 0.29) is 22.7 Å². The molecule has 0 spiro atoms. The van der Waals surface area contributed by atoms with Gasteiger partial charge in [0.1, 0.15) is 5.82 Å². The Hall–Kier alpha value is -1.43. The summed E-state index contributed by atoms with van der Waals surface area (Å²) in [6, 6.07) is 0.286. The first-order valence-electron chi connectivity index (χ1n) is 5.09. The van der Waals surface area contributed by atoms with E-state index in [1.165, 1.54) is 0 Å². The van der Waals surface area contributed by atoms with Crippen LogP contribution in [-0.2, 0) is 6.42 Å². The van der Waals surface area contributed by atoms with Gasteiger partial charge < -0.3 is 5.32 Å². The number of hydrogen-bond acceptors (Lipinski definition) is 5. The molecule has 1 aromatic heterocycles. The molecule has 0 aromatic carbocycles. The molecule has 7 heteroatoms. The van der Waals surface area contributed by atoms with Gasteiger partial charge in [0.2, 0.25) is 11.0 Å². The molecule has 16 heavy (non-hydrogen) atoms. The molecule has 1 aliphatic rings. The number of nitro groups is 1. The minimum Gasteiger partial charge on any atom is -0.361 e. The highest BCUT2D eigenvalue weighted by atomic mass is 35.5. The van der Waals surface area contributed by atoms with E-state index >= 15 is 0 Å². The third kappa shape index (κ3) is 2.21. The van der Waals surface area contributed by atoms with E-state index in [1.807, 2.05) is 6.92 Å². The van der Waals surface area contributed by atoms with Crippen LogP contribution in [0.15, 0.2) is 0 Å². The second kappa shape index (κ2) is 4.21. The number of hydrogen-bond donors (Lipinski definition) is 1. The SMILES string of the molecule is CCc1nc(Cl)c([N+](=O)[O-])c(NC2CC2)n1. The highest BCUT2D eigenvalue weighted by Gasteiger charge is 2.29. The number of rotatable bonds is 4. The summed E-state index contributed by atoms with van der Waals surface area (Å²) in [5.41, 5.74) is -0.231. The molecule has 1 fully saturated rings. The van der Waals surface area contributed by atoms with Crippen LogP contribution in [0.25, 0.3) is 0 Å². The third-order valence-corrected chi connectivity index (χ3v) is 2.57. The van der Waals surface area contributed by atoms with Crippen molar-refractivity contribution in [2.75, 3.05) is 5.32 Å². The fourth-order valence-electron chi connectivity index (χ4n) is 1.31. The van der Waals surface area contributed by atoms with E-state index in [9.17, 15) is 10.1 Å². The molecule has 6 nitrogen and oxygen atoms in total. The van der Waals surface area contributed by atoms with Crippen LogP contribution in [0, 0.1) is 10.1 Å². The topological polar surface area (TPSA) is 81.0 Å². The van der Waals surface area contributed by atoms with E-state index in [1.54, 1.807) is 0 Å². The standard InChI is InChI=1S/C9H11ClN4O2/c1-2-6-12-8(10)7(14(15)16)9(13-6)11-5-3-4-5/h5H,2-4H2,1H3,(H,11,12,13). The van der Waals surface area contributed by atoms with Gasteiger partial charge in [0.15, 0.2) is 0 Å². The van der Waals surface area contributed by atoms with Crippen molar-refractivity contribution in [2.45, 2.75) is 32.2 Å². The predicted octanol–water partition coefficient (Wildman–Crippen LogP) is 2.17. The van der Waals surface area contributed by atoms with Crippen LogP contribution in [-0.4, -0.2) is 20.9 Å². The highest BCUT2D eigenvalue weighted by Crippen LogP contribution is 2.33. The minimum absolute atomic E-state index is 0.0972. The number of halogens is 1. The first-order valence-corrected chi connectivity index (χ1v) is 5.47. The summed E-state index contributed by atoms with van der Waals surface area (Å²) >= 11 is 5.78. The van der Waals surface area contributed by atoms with Crippen LogP contribution < -0.4 is 5.32 Å². The molecule has 0 unspecified atom stereocenters. The second-order valence-electron chi connectivity index (χ2n) is 3.66. The first-order chi connectivity index (χ1) is 7.61. The van der Waals surface area contributed by atoms with Crippen molar-refractivity contribution >= 4 is 23.1 Å². The molecular formula is C9H11ClN4O2. The maximum atomic E-state index is 10.8. The summed E-state index contributed by atoms with van der Waals surface area (Å²) in [6.07, 6.45) is 2.62. The monoisotopic (exact) mass is 242 g/mol. The summed E-state index contributed by atoms with van der Waals surface area (Å²) in [5, 5.41) is 13.8. The average Bonchev–Trinajstić information content (AvgIpc) is 3.00. The van der Waals surface area contributed by atoms with Crippen LogP contribution >= 0.6 is 11.6 Å². The number of nitrogens with one attached hydrogen (secondary N) is 1. The summed E-state index contributed by atoms with van der Waals surface area (Å²) < 4.78 is 0. The van der Waals surface area contributed by atoms with Gasteiger partial charge >= 0.3 is 5.69 Å². The zero-order valence-electron chi connectivity index (χ0n) is 8.73. The Morgan fingerprint density at radius 1 is 1.56 bits per heavy atom. The summed E-state index contributed by atoms with van der Waals surface area (Å²) in [7, 11) is 0. The average molecular weight is 243 g/mol. The molecular weight excluding hydrogens is 232 g/mol. The minimum atomic E-state index is -0.549. The van der Waals surface area contributed by atoms with Gasteiger partial charge in [0.25, 0.3) is 0 Å². The lowest BCUT2D eigenvalue weighted by Crippen LogP contribution is -2.09. The molecule has 0 aliphatic heterocycles. The fourth-order valence-corrected chi connectivity index (χ4v) is 1.57. The Morgan fingerprint density at radius 2 is 2.25 bits per heavy atom. The lowest BCUT2D eigenvalue weighted by atomic mass is 10.4. The van der Waals surface area contributed by atoms with Crippen LogP contribution in [0.3, 0.4) is 0 Å². The van der Waals surface area contributed by atoms with Gasteiger partial charge in [-0.2, -0.15) is 0 Å². The molecule has 1 N–H and O–H groups in total. The van der Waals surface area contributed by atoms with Crippen molar-refractivity contribution in [3.8, 4) is 0 Å². The van der Waals surface area contributed by atoms with Crippen molar-refractivity contribution < 1.29 is 4.92 Å². The molecule has 1 aliphatic carbocycles. The zero-order valence-corrected chi connectivity index (χ0v) is 9.49. The maximum Gasteiger partial charge on any atom is 0.348 e. The fraction of sp³-hybridized carbons (Fsp3) is 0.556. The summed E-state index contributed by atoms with van der Waals surface area (Å²) in [4.78, 5) is 18.3. The van der Waals surface area contributed by atoms with Crippen LogP contribution in [0.2, 0.25) is 5.15 Å².